The summed E-state index contributed by atoms with van der Waals surface area (Å²) in [6.45, 7) is 0. The Labute approximate surface area is 85.0 Å². The van der Waals surface area contributed by atoms with Gasteiger partial charge in [0.1, 0.15) is 5.75 Å². The fourth-order valence-electron chi connectivity index (χ4n) is 0.723. The minimum atomic E-state index is 0.0347. The number of aromatic nitrogens is 2. The van der Waals surface area contributed by atoms with Gasteiger partial charge in [-0.1, -0.05) is 16.6 Å². The Morgan fingerprint density at radius 2 is 2.14 bits per heavy atom. The third-order valence-electron chi connectivity index (χ3n) is 1.35. The van der Waals surface area contributed by atoms with Crippen LogP contribution in [0.5, 0.6) is 5.75 Å². The summed E-state index contributed by atoms with van der Waals surface area (Å²) in [7, 11) is 0. The van der Waals surface area contributed by atoms with Crippen molar-refractivity contribution in [2.24, 2.45) is 0 Å². The van der Waals surface area contributed by atoms with Gasteiger partial charge in [0, 0.05) is 5.38 Å². The number of phenols is 1. The molecule has 2 rings (SSSR count). The molecule has 1 aromatic heterocycles. The van der Waals surface area contributed by atoms with Crippen molar-refractivity contribution in [1.29, 1.82) is 0 Å². The van der Waals surface area contributed by atoms with Gasteiger partial charge in [-0.15, -0.1) is 5.10 Å². The smallest absolute Gasteiger partial charge is 0.153 e. The van der Waals surface area contributed by atoms with E-state index in [1.807, 2.05) is 5.38 Å². The molecule has 0 aliphatic rings. The number of para-hydroxylation sites is 1. The van der Waals surface area contributed by atoms with E-state index in [9.17, 15) is 4.79 Å². The van der Waals surface area contributed by atoms with Crippen molar-refractivity contribution in [2.75, 3.05) is 0 Å². The van der Waals surface area contributed by atoms with Gasteiger partial charge in [-0.3, -0.25) is 4.79 Å². The van der Waals surface area contributed by atoms with Crippen LogP contribution in [0.25, 0.3) is 0 Å². The zero-order valence-electron chi connectivity index (χ0n) is 7.20. The van der Waals surface area contributed by atoms with Crippen LogP contribution in [0.15, 0.2) is 35.8 Å². The lowest BCUT2D eigenvalue weighted by Crippen LogP contribution is -1.77. The molecule has 0 amide bonds. The minimum Gasteiger partial charge on any atom is -0.507 e. The highest BCUT2D eigenvalue weighted by atomic mass is 32.1. The van der Waals surface area contributed by atoms with E-state index in [0.717, 1.165) is 0 Å². The summed E-state index contributed by atoms with van der Waals surface area (Å²) in [6.07, 6.45) is 2.28. The second kappa shape index (κ2) is 5.82. The zero-order valence-corrected chi connectivity index (χ0v) is 8.02. The fraction of sp³-hybridized carbons (Fsp3) is 0. The molecule has 0 bridgehead atoms. The van der Waals surface area contributed by atoms with Gasteiger partial charge in [0.15, 0.2) is 6.29 Å². The van der Waals surface area contributed by atoms with Crippen molar-refractivity contribution in [3.05, 3.63) is 41.4 Å². The average molecular weight is 208 g/mol. The zero-order chi connectivity index (χ0) is 10.2. The number of carbonyl (C=O) groups is 1. The maximum Gasteiger partial charge on any atom is 0.153 e. The maximum atomic E-state index is 10.1. The molecule has 14 heavy (non-hydrogen) atoms. The number of carbonyl (C=O) groups excluding carboxylic acids is 1. The van der Waals surface area contributed by atoms with Crippen molar-refractivity contribution >= 4 is 17.8 Å². The number of phenolic OH excluding ortho intramolecular Hbond substituents is 1. The normalized spacial score (nSPS) is 8.57. The lowest BCUT2D eigenvalue weighted by Gasteiger charge is -1.91. The number of aldehydes is 1. The summed E-state index contributed by atoms with van der Waals surface area (Å²) in [6, 6.07) is 6.40. The topological polar surface area (TPSA) is 63.1 Å². The third-order valence-corrected chi connectivity index (χ3v) is 1.78. The molecular formula is C9H8N2O2S. The molecule has 2 aromatic rings. The third kappa shape index (κ3) is 3.32. The molecule has 5 heteroatoms. The molecule has 0 atom stereocenters. The molecule has 0 aliphatic carbocycles. The molecule has 72 valence electrons. The molecule has 0 aliphatic heterocycles. The van der Waals surface area contributed by atoms with E-state index in [4.69, 9.17) is 5.11 Å². The molecule has 1 heterocycles. The first-order valence-corrected chi connectivity index (χ1v) is 4.62. The average Bonchev–Trinajstić information content (AvgIpc) is 2.76. The van der Waals surface area contributed by atoms with Crippen LogP contribution >= 0.6 is 11.5 Å². The lowest BCUT2D eigenvalue weighted by atomic mass is 10.2. The van der Waals surface area contributed by atoms with Gasteiger partial charge >= 0.3 is 0 Å². The standard InChI is InChI=1S/C7H6O2.C2H2N2S/c8-5-6-3-1-2-4-7(6)9;1-2-5-4-3-1/h1-5,9H;1-2H. The summed E-state index contributed by atoms with van der Waals surface area (Å²) in [4.78, 5) is 10.1. The van der Waals surface area contributed by atoms with Crippen molar-refractivity contribution in [3.63, 3.8) is 0 Å². The van der Waals surface area contributed by atoms with E-state index in [1.165, 1.54) is 17.6 Å². The molecule has 0 spiro atoms. The highest BCUT2D eigenvalue weighted by Gasteiger charge is 1.93. The Kier molecular flexibility index (Phi) is 4.30. The molecule has 0 saturated heterocycles. The molecule has 0 fully saturated rings. The lowest BCUT2D eigenvalue weighted by molar-refractivity contribution is 0.112. The van der Waals surface area contributed by atoms with Crippen molar-refractivity contribution < 1.29 is 9.90 Å². The van der Waals surface area contributed by atoms with Crippen LogP contribution in [-0.2, 0) is 0 Å². The summed E-state index contributed by atoms with van der Waals surface area (Å²) in [5.41, 5.74) is 0.331. The van der Waals surface area contributed by atoms with Crippen LogP contribution < -0.4 is 0 Å². The van der Waals surface area contributed by atoms with Gasteiger partial charge in [0.25, 0.3) is 0 Å². The van der Waals surface area contributed by atoms with Crippen LogP contribution in [0.4, 0.5) is 0 Å². The van der Waals surface area contributed by atoms with Gasteiger partial charge in [-0.2, -0.15) is 0 Å². The van der Waals surface area contributed by atoms with E-state index in [-0.39, 0.29) is 5.75 Å². The number of hydrogen-bond donors (Lipinski definition) is 1. The molecule has 0 radical (unpaired) electrons. The molecule has 1 aromatic carbocycles. The minimum absolute atomic E-state index is 0.0347. The highest BCUT2D eigenvalue weighted by molar-refractivity contribution is 7.03. The number of aromatic hydroxyl groups is 1. The van der Waals surface area contributed by atoms with Crippen LogP contribution in [0.1, 0.15) is 10.4 Å². The Hall–Kier alpha value is -1.75. The SMILES string of the molecule is O=Cc1ccccc1O.c1csnn1. The Morgan fingerprint density at radius 1 is 1.36 bits per heavy atom. The van der Waals surface area contributed by atoms with Gasteiger partial charge in [0.2, 0.25) is 0 Å². The highest BCUT2D eigenvalue weighted by Crippen LogP contribution is 2.11. The van der Waals surface area contributed by atoms with Gasteiger partial charge in [-0.05, 0) is 23.7 Å². The van der Waals surface area contributed by atoms with Crippen molar-refractivity contribution in [2.45, 2.75) is 0 Å². The van der Waals surface area contributed by atoms with Crippen LogP contribution in [0.3, 0.4) is 0 Å². The summed E-state index contributed by atoms with van der Waals surface area (Å²) in [5, 5.41) is 14.2. The van der Waals surface area contributed by atoms with E-state index in [2.05, 4.69) is 9.59 Å². The molecule has 4 nitrogen and oxygen atoms in total. The largest absolute Gasteiger partial charge is 0.507 e. The summed E-state index contributed by atoms with van der Waals surface area (Å²) in [5.74, 6) is 0.0347. The van der Waals surface area contributed by atoms with E-state index in [1.54, 1.807) is 24.4 Å². The van der Waals surface area contributed by atoms with Crippen molar-refractivity contribution in [3.8, 4) is 5.75 Å². The number of rotatable bonds is 1. The number of benzene rings is 1. The van der Waals surface area contributed by atoms with Gasteiger partial charge < -0.3 is 5.11 Å². The second-order valence-electron chi connectivity index (χ2n) is 2.26. The first-order chi connectivity index (χ1) is 6.84. The predicted molar refractivity (Wildman–Crippen MR) is 53.4 cm³/mol. The first-order valence-electron chi connectivity index (χ1n) is 3.79. The fourth-order valence-corrected chi connectivity index (χ4v) is 0.995. The summed E-state index contributed by atoms with van der Waals surface area (Å²) < 4.78 is 3.51. The van der Waals surface area contributed by atoms with E-state index in [0.29, 0.717) is 11.8 Å². The number of nitrogens with zero attached hydrogens (tertiary/aromatic N) is 2. The second-order valence-corrected chi connectivity index (χ2v) is 2.91. The van der Waals surface area contributed by atoms with Crippen LogP contribution in [0.2, 0.25) is 0 Å². The van der Waals surface area contributed by atoms with Crippen molar-refractivity contribution in [1.82, 2.24) is 9.59 Å². The monoisotopic (exact) mass is 208 g/mol. The van der Waals surface area contributed by atoms with E-state index >= 15 is 0 Å². The van der Waals surface area contributed by atoms with Gasteiger partial charge in [-0.25, -0.2) is 0 Å². The maximum absolute atomic E-state index is 10.1. The van der Waals surface area contributed by atoms with Gasteiger partial charge in [0.05, 0.1) is 11.8 Å². The van der Waals surface area contributed by atoms with Crippen LogP contribution in [0, 0.1) is 0 Å². The first kappa shape index (κ1) is 10.3. The quantitative estimate of drug-likeness (QED) is 0.725. The summed E-state index contributed by atoms with van der Waals surface area (Å²) >= 11 is 1.35. The molecule has 0 saturated carbocycles. The molecular weight excluding hydrogens is 200 g/mol. The van der Waals surface area contributed by atoms with Crippen LogP contribution in [-0.4, -0.2) is 21.0 Å². The Morgan fingerprint density at radius 3 is 2.50 bits per heavy atom. The molecule has 1 N–H and O–H groups in total. The number of hydrogen-bond acceptors (Lipinski definition) is 5. The molecule has 0 unspecified atom stereocenters. The Bertz CT molecular complexity index is 359. The van der Waals surface area contributed by atoms with E-state index < -0.39 is 0 Å². The predicted octanol–water partition coefficient (Wildman–Crippen LogP) is 1.74. The Balaban J connectivity index is 0.000000165.